The third kappa shape index (κ3) is 3.27. The first-order chi connectivity index (χ1) is 8.78. The summed E-state index contributed by atoms with van der Waals surface area (Å²) in [5.74, 6) is -0.497. The van der Waals surface area contributed by atoms with Crippen molar-refractivity contribution >= 4 is 16.8 Å². The van der Waals surface area contributed by atoms with Crippen LogP contribution in [-0.2, 0) is 8.92 Å². The van der Waals surface area contributed by atoms with Gasteiger partial charge in [0, 0.05) is 0 Å². The van der Waals surface area contributed by atoms with Crippen LogP contribution in [0, 0.1) is 20.8 Å². The Morgan fingerprint density at radius 1 is 1.32 bits per heavy atom. The van der Waals surface area contributed by atoms with Crippen LogP contribution in [0.3, 0.4) is 0 Å². The molecule has 1 aromatic carbocycles. The summed E-state index contributed by atoms with van der Waals surface area (Å²) in [6.07, 6.45) is -0.599. The molecule has 0 saturated carbocycles. The van der Waals surface area contributed by atoms with E-state index in [-0.39, 0.29) is 12.4 Å². The van der Waals surface area contributed by atoms with E-state index in [1.165, 1.54) is 0 Å². The first-order valence-corrected chi connectivity index (χ1v) is 7.62. The predicted octanol–water partition coefficient (Wildman–Crippen LogP) is 2.83. The number of ether oxygens (including phenoxy) is 1. The molecule has 0 aromatic heterocycles. The topological polar surface area (TPSA) is 76.0 Å². The molecule has 6 heteroatoms. The lowest BCUT2D eigenvalue weighted by Crippen LogP contribution is -2.22. The number of hydrogen-bond donors (Lipinski definition) is 2. The van der Waals surface area contributed by atoms with Gasteiger partial charge in [0.05, 0.1) is 22.2 Å². The van der Waals surface area contributed by atoms with Crippen LogP contribution in [0.2, 0.25) is 0 Å². The highest BCUT2D eigenvalue weighted by molar-refractivity contribution is 8.20. The van der Waals surface area contributed by atoms with E-state index in [0.29, 0.717) is 5.56 Å². The molecule has 1 unspecified atom stereocenters. The number of carbonyl (C=O) groups is 1. The van der Waals surface area contributed by atoms with E-state index >= 15 is 0 Å². The maximum absolute atomic E-state index is 12.1. The van der Waals surface area contributed by atoms with Gasteiger partial charge in [-0.1, -0.05) is 17.7 Å². The minimum atomic E-state index is -3.03. The fraction of sp³-hybridized carbons (Fsp3) is 0.462. The fourth-order valence-electron chi connectivity index (χ4n) is 2.30. The van der Waals surface area contributed by atoms with Gasteiger partial charge < -0.3 is 13.8 Å². The SMILES string of the molecule is Cc1cc(C)c(C(=O)OC2COS(O)(O)C2)c(C)c1. The van der Waals surface area contributed by atoms with Crippen LogP contribution in [-0.4, -0.2) is 33.5 Å². The highest BCUT2D eigenvalue weighted by Crippen LogP contribution is 2.46. The van der Waals surface area contributed by atoms with E-state index in [1.807, 2.05) is 32.9 Å². The first kappa shape index (κ1) is 14.3. The lowest BCUT2D eigenvalue weighted by molar-refractivity contribution is 0.0299. The van der Waals surface area contributed by atoms with Gasteiger partial charge in [-0.25, -0.2) is 4.79 Å². The Morgan fingerprint density at radius 2 is 1.89 bits per heavy atom. The van der Waals surface area contributed by atoms with Crippen LogP contribution in [0.15, 0.2) is 12.1 Å². The Balaban J connectivity index is 2.13. The maximum Gasteiger partial charge on any atom is 0.339 e. The number of benzene rings is 1. The van der Waals surface area contributed by atoms with Crippen LogP contribution >= 0.6 is 10.9 Å². The Kier molecular flexibility index (Phi) is 3.87. The average Bonchev–Trinajstić information content (AvgIpc) is 2.56. The van der Waals surface area contributed by atoms with Crippen molar-refractivity contribution in [3.63, 3.8) is 0 Å². The smallest absolute Gasteiger partial charge is 0.339 e. The Morgan fingerprint density at radius 3 is 2.37 bits per heavy atom. The number of rotatable bonds is 2. The van der Waals surface area contributed by atoms with E-state index in [1.54, 1.807) is 0 Å². The molecule has 1 aliphatic rings. The van der Waals surface area contributed by atoms with Gasteiger partial charge >= 0.3 is 5.97 Å². The van der Waals surface area contributed by atoms with E-state index in [4.69, 9.17) is 8.92 Å². The van der Waals surface area contributed by atoms with E-state index in [9.17, 15) is 13.9 Å². The normalized spacial score (nSPS) is 23.1. The molecule has 1 atom stereocenters. The second kappa shape index (κ2) is 5.13. The summed E-state index contributed by atoms with van der Waals surface area (Å²) in [6.45, 7) is 5.71. The Hall–Kier alpha value is -1.08. The summed E-state index contributed by atoms with van der Waals surface area (Å²) in [6, 6.07) is 3.84. The lowest BCUT2D eigenvalue weighted by Gasteiger charge is -2.18. The average molecular weight is 286 g/mol. The van der Waals surface area contributed by atoms with Gasteiger partial charge in [-0.2, -0.15) is 0 Å². The van der Waals surface area contributed by atoms with Crippen molar-refractivity contribution in [3.8, 4) is 0 Å². The molecule has 0 aliphatic carbocycles. The monoisotopic (exact) mass is 286 g/mol. The van der Waals surface area contributed by atoms with Crippen molar-refractivity contribution in [2.24, 2.45) is 0 Å². The molecule has 2 rings (SSSR count). The van der Waals surface area contributed by atoms with Crippen molar-refractivity contribution < 1.29 is 22.8 Å². The summed E-state index contributed by atoms with van der Waals surface area (Å²) in [7, 11) is -3.03. The van der Waals surface area contributed by atoms with Gasteiger partial charge in [-0.05, 0) is 31.9 Å². The summed E-state index contributed by atoms with van der Waals surface area (Å²) in [4.78, 5) is 12.1. The highest BCUT2D eigenvalue weighted by atomic mass is 32.3. The second-order valence-corrected chi connectivity index (χ2v) is 6.64. The van der Waals surface area contributed by atoms with Crippen LogP contribution in [0.5, 0.6) is 0 Å². The molecule has 19 heavy (non-hydrogen) atoms. The molecule has 2 N–H and O–H groups in total. The van der Waals surface area contributed by atoms with Gasteiger partial charge in [0.15, 0.2) is 0 Å². The molecule has 0 radical (unpaired) electrons. The minimum absolute atomic E-state index is 0.0258. The lowest BCUT2D eigenvalue weighted by atomic mass is 10.00. The zero-order valence-corrected chi connectivity index (χ0v) is 12.0. The molecule has 1 fully saturated rings. The summed E-state index contributed by atoms with van der Waals surface area (Å²) < 4.78 is 28.7. The van der Waals surface area contributed by atoms with E-state index in [0.717, 1.165) is 16.7 Å². The van der Waals surface area contributed by atoms with Crippen molar-refractivity contribution in [2.75, 3.05) is 12.4 Å². The molecule has 5 nitrogen and oxygen atoms in total. The number of esters is 1. The van der Waals surface area contributed by atoms with Crippen molar-refractivity contribution in [3.05, 3.63) is 34.4 Å². The molecule has 106 valence electrons. The van der Waals surface area contributed by atoms with Gasteiger partial charge in [0.1, 0.15) is 12.7 Å². The largest absolute Gasteiger partial charge is 0.455 e. The molecule has 0 spiro atoms. The fourth-order valence-corrected chi connectivity index (χ4v) is 3.42. The highest BCUT2D eigenvalue weighted by Gasteiger charge is 2.35. The molecular weight excluding hydrogens is 268 g/mol. The van der Waals surface area contributed by atoms with Crippen LogP contribution in [0.1, 0.15) is 27.0 Å². The molecule has 1 heterocycles. The summed E-state index contributed by atoms with van der Waals surface area (Å²) in [5, 5.41) is 0. The first-order valence-electron chi connectivity index (χ1n) is 5.97. The molecule has 1 aliphatic heterocycles. The van der Waals surface area contributed by atoms with Crippen molar-refractivity contribution in [1.29, 1.82) is 0 Å². The standard InChI is InChI=1S/C13H18O5S/c1-8-4-9(2)12(10(3)5-8)13(14)18-11-6-17-19(15,16)7-11/h4-5,11,15-16H,6-7H2,1-3H3. The van der Waals surface area contributed by atoms with Gasteiger partial charge in [-0.3, -0.25) is 4.18 Å². The Labute approximate surface area is 114 Å². The zero-order valence-electron chi connectivity index (χ0n) is 11.2. The van der Waals surface area contributed by atoms with Gasteiger partial charge in [0.2, 0.25) is 0 Å². The third-order valence-corrected chi connectivity index (χ3v) is 4.32. The molecule has 1 saturated heterocycles. The summed E-state index contributed by atoms with van der Waals surface area (Å²) >= 11 is 0. The van der Waals surface area contributed by atoms with Crippen LogP contribution < -0.4 is 0 Å². The van der Waals surface area contributed by atoms with Gasteiger partial charge in [0.25, 0.3) is 0 Å². The molecule has 1 aromatic rings. The molecule has 0 bridgehead atoms. The van der Waals surface area contributed by atoms with E-state index < -0.39 is 22.9 Å². The molecular formula is C13H18O5S. The third-order valence-electron chi connectivity index (χ3n) is 3.00. The minimum Gasteiger partial charge on any atom is -0.455 e. The number of carbonyl (C=O) groups excluding carboxylic acids is 1. The van der Waals surface area contributed by atoms with Crippen LogP contribution in [0.25, 0.3) is 0 Å². The van der Waals surface area contributed by atoms with Crippen LogP contribution in [0.4, 0.5) is 0 Å². The van der Waals surface area contributed by atoms with Crippen molar-refractivity contribution in [1.82, 2.24) is 0 Å². The maximum atomic E-state index is 12.1. The quantitative estimate of drug-likeness (QED) is 0.818. The zero-order chi connectivity index (χ0) is 14.2. The van der Waals surface area contributed by atoms with Crippen molar-refractivity contribution in [2.45, 2.75) is 26.9 Å². The van der Waals surface area contributed by atoms with E-state index in [2.05, 4.69) is 0 Å². The molecule has 0 amide bonds. The van der Waals surface area contributed by atoms with Gasteiger partial charge in [-0.15, -0.1) is 0 Å². The summed E-state index contributed by atoms with van der Waals surface area (Å²) in [5.41, 5.74) is 3.33. The second-order valence-electron chi connectivity index (χ2n) is 4.86. The Bertz CT molecular complexity index is 489. The number of aryl methyl sites for hydroxylation is 3. The number of hydrogen-bond acceptors (Lipinski definition) is 5. The predicted molar refractivity (Wildman–Crippen MR) is 73.5 cm³/mol.